The number of nitrogens with zero attached hydrogens (tertiary/aromatic N) is 1. The lowest BCUT2D eigenvalue weighted by Crippen LogP contribution is -2.44. The van der Waals surface area contributed by atoms with Gasteiger partial charge in [0.2, 0.25) is 5.91 Å². The molecule has 0 spiro atoms. The van der Waals surface area contributed by atoms with E-state index in [-0.39, 0.29) is 17.9 Å². The molecular weight excluding hydrogens is 260 g/mol. The topological polar surface area (TPSA) is 46.3 Å². The van der Waals surface area contributed by atoms with E-state index in [1.54, 1.807) is 0 Å². The molecule has 2 fully saturated rings. The van der Waals surface area contributed by atoms with Crippen molar-refractivity contribution in [2.45, 2.75) is 44.7 Å². The summed E-state index contributed by atoms with van der Waals surface area (Å²) in [6, 6.07) is 10.2. The molecule has 3 nitrogen and oxygen atoms in total. The van der Waals surface area contributed by atoms with Crippen LogP contribution in [0.4, 0.5) is 0 Å². The van der Waals surface area contributed by atoms with E-state index in [2.05, 4.69) is 0 Å². The van der Waals surface area contributed by atoms with E-state index in [0.717, 1.165) is 17.4 Å². The standard InChI is InChI=1S/C18H26N2O/c1-12(16(19)13-6-4-3-5-7-13)18(21)20(2)17(14-8-9-14)15-10-11-15/h3-7,12,14-17H,8-11,19H2,1-2H3. The maximum Gasteiger partial charge on any atom is 0.227 e. The molecule has 2 unspecified atom stereocenters. The van der Waals surface area contributed by atoms with Crippen LogP contribution in [-0.4, -0.2) is 23.9 Å². The molecule has 2 N–H and O–H groups in total. The van der Waals surface area contributed by atoms with E-state index in [4.69, 9.17) is 5.73 Å². The second kappa shape index (κ2) is 5.80. The highest BCUT2D eigenvalue weighted by Gasteiger charge is 2.45. The van der Waals surface area contributed by atoms with Crippen LogP contribution in [0.3, 0.4) is 0 Å². The van der Waals surface area contributed by atoms with E-state index in [0.29, 0.717) is 6.04 Å². The molecule has 114 valence electrons. The van der Waals surface area contributed by atoms with Crippen LogP contribution in [0.25, 0.3) is 0 Å². The average Bonchev–Trinajstić information content (AvgIpc) is 3.40. The molecule has 21 heavy (non-hydrogen) atoms. The third-order valence-electron chi connectivity index (χ3n) is 5.12. The maximum atomic E-state index is 12.8. The fourth-order valence-electron chi connectivity index (χ4n) is 3.48. The quantitative estimate of drug-likeness (QED) is 0.874. The number of carbonyl (C=O) groups excluding carboxylic acids is 1. The summed E-state index contributed by atoms with van der Waals surface area (Å²) in [6.45, 7) is 1.97. The predicted molar refractivity (Wildman–Crippen MR) is 84.5 cm³/mol. The largest absolute Gasteiger partial charge is 0.342 e. The summed E-state index contributed by atoms with van der Waals surface area (Å²) < 4.78 is 0. The molecule has 2 aliphatic rings. The number of amides is 1. The number of benzene rings is 1. The third kappa shape index (κ3) is 3.13. The Balaban J connectivity index is 1.68. The van der Waals surface area contributed by atoms with Gasteiger partial charge in [-0.05, 0) is 43.1 Å². The summed E-state index contributed by atoms with van der Waals surface area (Å²) in [5.41, 5.74) is 7.36. The molecule has 0 saturated heterocycles. The van der Waals surface area contributed by atoms with Gasteiger partial charge in [0, 0.05) is 19.1 Å². The second-order valence-electron chi connectivity index (χ2n) is 6.84. The average molecular weight is 286 g/mol. The zero-order valence-electron chi connectivity index (χ0n) is 13.0. The van der Waals surface area contributed by atoms with E-state index < -0.39 is 0 Å². The van der Waals surface area contributed by atoms with Gasteiger partial charge in [0.15, 0.2) is 0 Å². The maximum absolute atomic E-state index is 12.8. The lowest BCUT2D eigenvalue weighted by Gasteiger charge is -2.32. The third-order valence-corrected chi connectivity index (χ3v) is 5.12. The highest BCUT2D eigenvalue weighted by atomic mass is 16.2. The smallest absolute Gasteiger partial charge is 0.227 e. The molecule has 0 aliphatic heterocycles. The first-order valence-electron chi connectivity index (χ1n) is 8.16. The number of carbonyl (C=O) groups is 1. The number of hydrogen-bond acceptors (Lipinski definition) is 2. The van der Waals surface area contributed by atoms with Gasteiger partial charge in [-0.25, -0.2) is 0 Å². The van der Waals surface area contributed by atoms with Crippen LogP contribution in [0.5, 0.6) is 0 Å². The van der Waals surface area contributed by atoms with Gasteiger partial charge in [0.1, 0.15) is 0 Å². The molecule has 2 atom stereocenters. The molecule has 0 aromatic heterocycles. The summed E-state index contributed by atoms with van der Waals surface area (Å²) in [7, 11) is 1.98. The summed E-state index contributed by atoms with van der Waals surface area (Å²) in [5, 5.41) is 0. The molecule has 3 heteroatoms. The Morgan fingerprint density at radius 2 is 1.67 bits per heavy atom. The Morgan fingerprint density at radius 1 is 1.14 bits per heavy atom. The molecule has 2 aliphatic carbocycles. The van der Waals surface area contributed by atoms with Gasteiger partial charge in [-0.3, -0.25) is 4.79 Å². The Kier molecular flexibility index (Phi) is 4.03. The van der Waals surface area contributed by atoms with E-state index in [9.17, 15) is 4.79 Å². The van der Waals surface area contributed by atoms with Crippen molar-refractivity contribution in [3.05, 3.63) is 35.9 Å². The Hall–Kier alpha value is -1.35. The highest BCUT2D eigenvalue weighted by molar-refractivity contribution is 5.79. The first-order chi connectivity index (χ1) is 10.1. The van der Waals surface area contributed by atoms with Gasteiger partial charge in [-0.1, -0.05) is 37.3 Å². The number of rotatable bonds is 6. The van der Waals surface area contributed by atoms with Crippen molar-refractivity contribution in [1.82, 2.24) is 4.90 Å². The Morgan fingerprint density at radius 3 is 2.14 bits per heavy atom. The van der Waals surface area contributed by atoms with Crippen LogP contribution < -0.4 is 5.73 Å². The van der Waals surface area contributed by atoms with Crippen LogP contribution in [-0.2, 0) is 4.79 Å². The van der Waals surface area contributed by atoms with Gasteiger partial charge in [0.25, 0.3) is 0 Å². The zero-order chi connectivity index (χ0) is 15.0. The normalized spacial score (nSPS) is 21.1. The summed E-state index contributed by atoms with van der Waals surface area (Å²) in [6.07, 6.45) is 5.16. The van der Waals surface area contributed by atoms with Gasteiger partial charge in [0.05, 0.1) is 5.92 Å². The molecule has 1 amide bonds. The Labute approximate surface area is 127 Å². The lowest BCUT2D eigenvalue weighted by molar-refractivity contribution is -0.137. The van der Waals surface area contributed by atoms with Crippen molar-refractivity contribution in [1.29, 1.82) is 0 Å². The molecule has 0 heterocycles. The van der Waals surface area contributed by atoms with Crippen molar-refractivity contribution >= 4 is 5.91 Å². The fourth-order valence-corrected chi connectivity index (χ4v) is 3.48. The number of nitrogens with two attached hydrogens (primary N) is 1. The first kappa shape index (κ1) is 14.6. The molecule has 2 saturated carbocycles. The van der Waals surface area contributed by atoms with Crippen LogP contribution in [0, 0.1) is 17.8 Å². The van der Waals surface area contributed by atoms with Crippen molar-refractivity contribution in [2.24, 2.45) is 23.5 Å². The lowest BCUT2D eigenvalue weighted by atomic mass is 9.93. The molecule has 1 aromatic rings. The molecule has 1 aromatic carbocycles. The minimum Gasteiger partial charge on any atom is -0.342 e. The summed E-state index contributed by atoms with van der Waals surface area (Å²) in [4.78, 5) is 14.8. The summed E-state index contributed by atoms with van der Waals surface area (Å²) >= 11 is 0. The molecule has 0 radical (unpaired) electrons. The predicted octanol–water partition coefficient (Wildman–Crippen LogP) is 2.97. The number of hydrogen-bond donors (Lipinski definition) is 1. The van der Waals surface area contributed by atoms with Crippen molar-refractivity contribution in [3.63, 3.8) is 0 Å². The molecular formula is C18H26N2O. The van der Waals surface area contributed by atoms with Crippen LogP contribution in [0.2, 0.25) is 0 Å². The zero-order valence-corrected chi connectivity index (χ0v) is 13.0. The monoisotopic (exact) mass is 286 g/mol. The van der Waals surface area contributed by atoms with E-state index in [1.165, 1.54) is 25.7 Å². The highest BCUT2D eigenvalue weighted by Crippen LogP contribution is 2.47. The van der Waals surface area contributed by atoms with E-state index in [1.807, 2.05) is 49.2 Å². The summed E-state index contributed by atoms with van der Waals surface area (Å²) in [5.74, 6) is 1.52. The van der Waals surface area contributed by atoms with Gasteiger partial charge in [-0.15, -0.1) is 0 Å². The Bertz CT molecular complexity index is 481. The van der Waals surface area contributed by atoms with Gasteiger partial charge >= 0.3 is 0 Å². The van der Waals surface area contributed by atoms with Crippen molar-refractivity contribution < 1.29 is 4.79 Å². The van der Waals surface area contributed by atoms with Gasteiger partial charge in [-0.2, -0.15) is 0 Å². The van der Waals surface area contributed by atoms with Gasteiger partial charge < -0.3 is 10.6 Å². The minimum atomic E-state index is -0.222. The van der Waals surface area contributed by atoms with E-state index >= 15 is 0 Å². The molecule has 3 rings (SSSR count). The second-order valence-corrected chi connectivity index (χ2v) is 6.84. The molecule has 0 bridgehead atoms. The fraction of sp³-hybridized carbons (Fsp3) is 0.611. The van der Waals surface area contributed by atoms with Crippen LogP contribution >= 0.6 is 0 Å². The van der Waals surface area contributed by atoms with Crippen molar-refractivity contribution in [2.75, 3.05) is 7.05 Å². The first-order valence-corrected chi connectivity index (χ1v) is 8.16. The van der Waals surface area contributed by atoms with Crippen molar-refractivity contribution in [3.8, 4) is 0 Å². The minimum absolute atomic E-state index is 0.169. The van der Waals surface area contributed by atoms with Crippen LogP contribution in [0.1, 0.15) is 44.2 Å². The van der Waals surface area contributed by atoms with Crippen LogP contribution in [0.15, 0.2) is 30.3 Å². The SMILES string of the molecule is CC(C(=O)N(C)C(C1CC1)C1CC1)C(N)c1ccccc1.